The van der Waals surface area contributed by atoms with Gasteiger partial charge in [-0.1, -0.05) is 25.7 Å². The summed E-state index contributed by atoms with van der Waals surface area (Å²) in [7, 11) is 3.57. The molecule has 0 bridgehead atoms. The Morgan fingerprint density at radius 3 is 2.62 bits per heavy atom. The molecule has 2 aliphatic heterocycles. The number of carbonyl (C=O) groups excluding carboxylic acids is 1. The first-order valence-electron chi connectivity index (χ1n) is 11.1. The fraction of sp³-hybridized carbons (Fsp3) is 0.565. The highest BCUT2D eigenvalue weighted by atomic mass is 19.1. The Morgan fingerprint density at radius 1 is 1.28 bits per heavy atom. The van der Waals surface area contributed by atoms with Crippen molar-refractivity contribution >= 4 is 22.8 Å². The van der Waals surface area contributed by atoms with Crippen LogP contribution in [-0.4, -0.2) is 91.4 Å². The standard InChI is InChI=1S/C23H31FN6O2/c1-16(2)6-5-7-25-22(31)30-21-13-20(18(24)12-19(21)26-23(30)32-4)29-10-8-28(9-11-29)17-14-27(3)15-17/h12-13,16-17H,7-11,14-15H2,1-4H3,(H,25,31). The molecule has 1 aromatic carbocycles. The predicted octanol–water partition coefficient (Wildman–Crippen LogP) is 1.84. The van der Waals surface area contributed by atoms with E-state index in [4.69, 9.17) is 4.74 Å². The number of nitrogens with one attached hydrogen (secondary N) is 1. The van der Waals surface area contributed by atoms with Gasteiger partial charge in [0.2, 0.25) is 0 Å². The van der Waals surface area contributed by atoms with Crippen molar-refractivity contribution in [2.75, 3.05) is 64.9 Å². The monoisotopic (exact) mass is 442 g/mol. The summed E-state index contributed by atoms with van der Waals surface area (Å²) < 4.78 is 21.6. The van der Waals surface area contributed by atoms with Crippen LogP contribution in [0.2, 0.25) is 0 Å². The summed E-state index contributed by atoms with van der Waals surface area (Å²) in [5.74, 6) is 5.82. The van der Waals surface area contributed by atoms with E-state index in [1.54, 1.807) is 6.07 Å². The topological polar surface area (TPSA) is 65.9 Å². The van der Waals surface area contributed by atoms with Crippen LogP contribution in [-0.2, 0) is 0 Å². The van der Waals surface area contributed by atoms with E-state index in [0.717, 1.165) is 39.3 Å². The SMILES string of the molecule is COc1nc2cc(F)c(N3CCN(C4CN(C)C4)CC3)cc2n1C(=O)NCC#CC(C)C. The maximum atomic E-state index is 15.0. The molecule has 9 heteroatoms. The maximum absolute atomic E-state index is 15.0. The zero-order valence-corrected chi connectivity index (χ0v) is 19.2. The number of anilines is 1. The molecule has 1 aromatic heterocycles. The van der Waals surface area contributed by atoms with Crippen molar-refractivity contribution in [3.63, 3.8) is 0 Å². The maximum Gasteiger partial charge on any atom is 0.330 e. The lowest BCUT2D eigenvalue weighted by Crippen LogP contribution is -2.62. The fourth-order valence-electron chi connectivity index (χ4n) is 4.32. The van der Waals surface area contributed by atoms with E-state index in [1.807, 2.05) is 18.7 Å². The van der Waals surface area contributed by atoms with Crippen molar-refractivity contribution < 1.29 is 13.9 Å². The Bertz CT molecular complexity index is 1040. The Balaban J connectivity index is 1.54. The smallest absolute Gasteiger partial charge is 0.330 e. The molecular formula is C23H31FN6O2. The van der Waals surface area contributed by atoms with Crippen molar-refractivity contribution in [1.29, 1.82) is 0 Å². The molecule has 2 aromatic rings. The second-order valence-electron chi connectivity index (χ2n) is 8.76. The summed E-state index contributed by atoms with van der Waals surface area (Å²) in [5, 5.41) is 2.77. The third-order valence-corrected chi connectivity index (χ3v) is 6.01. The minimum Gasteiger partial charge on any atom is -0.468 e. The molecule has 0 radical (unpaired) electrons. The van der Waals surface area contributed by atoms with Crippen molar-refractivity contribution in [1.82, 2.24) is 24.7 Å². The number of fused-ring (bicyclic) bond motifs is 1. The van der Waals surface area contributed by atoms with Crippen LogP contribution in [0.25, 0.3) is 11.0 Å². The average Bonchev–Trinajstić information content (AvgIpc) is 3.11. The Morgan fingerprint density at radius 2 is 2.00 bits per heavy atom. The van der Waals surface area contributed by atoms with E-state index >= 15 is 0 Å². The molecule has 0 unspecified atom stereocenters. The van der Waals surface area contributed by atoms with Crippen molar-refractivity contribution in [2.24, 2.45) is 5.92 Å². The van der Waals surface area contributed by atoms with Crippen LogP contribution in [0.5, 0.6) is 6.01 Å². The summed E-state index contributed by atoms with van der Waals surface area (Å²) in [4.78, 5) is 24.0. The number of halogens is 1. The molecule has 1 N–H and O–H groups in total. The number of benzene rings is 1. The highest BCUT2D eigenvalue weighted by Gasteiger charge is 2.32. The summed E-state index contributed by atoms with van der Waals surface area (Å²) in [6.07, 6.45) is 0. The molecule has 2 saturated heterocycles. The van der Waals surface area contributed by atoms with Crippen LogP contribution in [0.3, 0.4) is 0 Å². The molecule has 172 valence electrons. The zero-order chi connectivity index (χ0) is 22.8. The number of methoxy groups -OCH3 is 1. The van der Waals surface area contributed by atoms with E-state index in [0.29, 0.717) is 22.8 Å². The van der Waals surface area contributed by atoms with Gasteiger partial charge in [0.15, 0.2) is 0 Å². The van der Waals surface area contributed by atoms with Crippen LogP contribution in [0, 0.1) is 23.6 Å². The molecule has 0 spiro atoms. The van der Waals surface area contributed by atoms with Gasteiger partial charge < -0.3 is 19.9 Å². The third kappa shape index (κ3) is 4.52. The Labute approximate surface area is 188 Å². The van der Waals surface area contributed by atoms with Gasteiger partial charge in [0.1, 0.15) is 5.82 Å². The molecule has 2 aliphatic rings. The number of imidazole rings is 1. The van der Waals surface area contributed by atoms with Gasteiger partial charge in [-0.25, -0.2) is 13.8 Å². The van der Waals surface area contributed by atoms with Gasteiger partial charge in [0.05, 0.1) is 30.4 Å². The van der Waals surface area contributed by atoms with Crippen LogP contribution >= 0.6 is 0 Å². The number of hydrogen-bond donors (Lipinski definition) is 1. The molecule has 8 nitrogen and oxygen atoms in total. The van der Waals surface area contributed by atoms with Gasteiger partial charge in [-0.3, -0.25) is 4.90 Å². The van der Waals surface area contributed by atoms with Gasteiger partial charge in [0.25, 0.3) is 0 Å². The largest absolute Gasteiger partial charge is 0.468 e. The minimum atomic E-state index is -0.404. The highest BCUT2D eigenvalue weighted by molar-refractivity contribution is 5.92. The number of hydrogen-bond acceptors (Lipinski definition) is 6. The molecule has 1 amide bonds. The number of ether oxygens (including phenoxy) is 1. The summed E-state index contributed by atoms with van der Waals surface area (Å²) in [6, 6.07) is 3.39. The highest BCUT2D eigenvalue weighted by Crippen LogP contribution is 2.30. The molecule has 4 rings (SSSR count). The lowest BCUT2D eigenvalue weighted by Gasteiger charge is -2.47. The number of likely N-dealkylation sites (N-methyl/N-ethyl adjacent to an activating group) is 1. The van der Waals surface area contributed by atoms with Crippen LogP contribution in [0.1, 0.15) is 13.8 Å². The first-order valence-corrected chi connectivity index (χ1v) is 11.1. The number of carbonyl (C=O) groups is 1. The fourth-order valence-corrected chi connectivity index (χ4v) is 4.32. The van der Waals surface area contributed by atoms with Crippen molar-refractivity contribution in [2.45, 2.75) is 19.9 Å². The number of rotatable bonds is 4. The van der Waals surface area contributed by atoms with E-state index in [2.05, 4.69) is 39.0 Å². The van der Waals surface area contributed by atoms with E-state index in [-0.39, 0.29) is 24.3 Å². The van der Waals surface area contributed by atoms with Crippen LogP contribution in [0.4, 0.5) is 14.9 Å². The van der Waals surface area contributed by atoms with Gasteiger partial charge in [-0.15, -0.1) is 0 Å². The number of amides is 1. The minimum absolute atomic E-state index is 0.116. The Hall–Kier alpha value is -2.83. The summed E-state index contributed by atoms with van der Waals surface area (Å²) in [6.45, 7) is 9.65. The van der Waals surface area contributed by atoms with Crippen molar-refractivity contribution in [3.05, 3.63) is 17.9 Å². The van der Waals surface area contributed by atoms with Gasteiger partial charge in [-0.2, -0.15) is 4.98 Å². The number of piperazine rings is 1. The van der Waals surface area contributed by atoms with Crippen molar-refractivity contribution in [3.8, 4) is 17.9 Å². The zero-order valence-electron chi connectivity index (χ0n) is 19.2. The first kappa shape index (κ1) is 22.4. The van der Waals surface area contributed by atoms with Gasteiger partial charge in [0, 0.05) is 57.3 Å². The molecule has 32 heavy (non-hydrogen) atoms. The number of aromatic nitrogens is 2. The first-order chi connectivity index (χ1) is 15.4. The van der Waals surface area contributed by atoms with Gasteiger partial charge in [-0.05, 0) is 13.1 Å². The van der Waals surface area contributed by atoms with Crippen LogP contribution in [0.15, 0.2) is 12.1 Å². The lowest BCUT2D eigenvalue weighted by molar-refractivity contribution is 0.0487. The Kier molecular flexibility index (Phi) is 6.53. The van der Waals surface area contributed by atoms with Crippen LogP contribution < -0.4 is 15.0 Å². The molecule has 3 heterocycles. The normalized spacial score (nSPS) is 17.9. The third-order valence-electron chi connectivity index (χ3n) is 6.01. The van der Waals surface area contributed by atoms with Gasteiger partial charge >= 0.3 is 12.0 Å². The molecular weight excluding hydrogens is 411 g/mol. The molecule has 0 atom stereocenters. The number of nitrogens with zero attached hydrogens (tertiary/aromatic N) is 5. The van der Waals surface area contributed by atoms with E-state index in [1.165, 1.54) is 17.7 Å². The molecule has 0 saturated carbocycles. The number of likely N-dealkylation sites (tertiary alicyclic amines) is 1. The van der Waals surface area contributed by atoms with E-state index in [9.17, 15) is 9.18 Å². The summed E-state index contributed by atoms with van der Waals surface area (Å²) in [5.41, 5.74) is 1.37. The second kappa shape index (κ2) is 9.35. The second-order valence-corrected chi connectivity index (χ2v) is 8.76. The summed E-state index contributed by atoms with van der Waals surface area (Å²) >= 11 is 0. The molecule has 2 fully saturated rings. The quantitative estimate of drug-likeness (QED) is 0.729. The molecule has 0 aliphatic carbocycles. The average molecular weight is 443 g/mol. The predicted molar refractivity (Wildman–Crippen MR) is 123 cm³/mol. The lowest BCUT2D eigenvalue weighted by atomic mass is 10.1. The van der Waals surface area contributed by atoms with E-state index < -0.39 is 6.03 Å².